The Kier molecular flexibility index (Phi) is 5.28. The van der Waals surface area contributed by atoms with Crippen LogP contribution in [0.1, 0.15) is 38.8 Å². The summed E-state index contributed by atoms with van der Waals surface area (Å²) < 4.78 is 0. The van der Waals surface area contributed by atoms with Gasteiger partial charge in [-0.15, -0.1) is 0 Å². The zero-order valence-electron chi connectivity index (χ0n) is 14.5. The van der Waals surface area contributed by atoms with E-state index in [1.165, 1.54) is 5.56 Å². The number of benzene rings is 1. The number of hydrogen-bond acceptors (Lipinski definition) is 2. The van der Waals surface area contributed by atoms with Crippen molar-refractivity contribution in [3.63, 3.8) is 0 Å². The average molecular weight is 300 g/mol. The Morgan fingerprint density at radius 3 is 2.32 bits per heavy atom. The Balaban J connectivity index is 2.32. The maximum Gasteiger partial charge on any atom is 0.255 e. The molecule has 1 amide bonds. The SMILES string of the molecule is CC(C)CN(CC(C)C)C(=O)C1=CN(C)Cc2ccccc21. The van der Waals surface area contributed by atoms with Gasteiger partial charge in [-0.05, 0) is 23.0 Å². The van der Waals surface area contributed by atoms with Crippen molar-refractivity contribution in [3.05, 3.63) is 41.6 Å². The largest absolute Gasteiger partial charge is 0.375 e. The van der Waals surface area contributed by atoms with E-state index >= 15 is 0 Å². The first-order valence-corrected chi connectivity index (χ1v) is 8.18. The van der Waals surface area contributed by atoms with Gasteiger partial charge in [-0.3, -0.25) is 4.79 Å². The van der Waals surface area contributed by atoms with Crippen molar-refractivity contribution in [2.24, 2.45) is 11.8 Å². The Morgan fingerprint density at radius 2 is 1.73 bits per heavy atom. The number of nitrogens with zero attached hydrogens (tertiary/aromatic N) is 2. The van der Waals surface area contributed by atoms with Crippen molar-refractivity contribution in [2.75, 3.05) is 20.1 Å². The Hall–Kier alpha value is -1.77. The molecule has 0 atom stereocenters. The lowest BCUT2D eigenvalue weighted by Crippen LogP contribution is -2.38. The van der Waals surface area contributed by atoms with Crippen LogP contribution in [0.5, 0.6) is 0 Å². The van der Waals surface area contributed by atoms with Gasteiger partial charge in [-0.2, -0.15) is 0 Å². The highest BCUT2D eigenvalue weighted by Gasteiger charge is 2.25. The first-order chi connectivity index (χ1) is 10.4. The first-order valence-electron chi connectivity index (χ1n) is 8.18. The van der Waals surface area contributed by atoms with E-state index in [1.54, 1.807) is 0 Å². The van der Waals surface area contributed by atoms with Crippen LogP contribution in [0.15, 0.2) is 30.5 Å². The topological polar surface area (TPSA) is 23.6 Å². The zero-order valence-corrected chi connectivity index (χ0v) is 14.5. The summed E-state index contributed by atoms with van der Waals surface area (Å²) in [6, 6.07) is 8.23. The second-order valence-electron chi connectivity index (χ2n) is 7.11. The summed E-state index contributed by atoms with van der Waals surface area (Å²) in [5, 5.41) is 0. The maximum atomic E-state index is 13.1. The smallest absolute Gasteiger partial charge is 0.255 e. The Labute approximate surface area is 134 Å². The van der Waals surface area contributed by atoms with E-state index in [0.29, 0.717) is 11.8 Å². The molecule has 0 saturated carbocycles. The molecule has 22 heavy (non-hydrogen) atoms. The highest BCUT2D eigenvalue weighted by Crippen LogP contribution is 2.28. The van der Waals surface area contributed by atoms with Gasteiger partial charge in [0.2, 0.25) is 0 Å². The van der Waals surface area contributed by atoms with Crippen molar-refractivity contribution < 1.29 is 4.79 Å². The van der Waals surface area contributed by atoms with E-state index in [4.69, 9.17) is 0 Å². The van der Waals surface area contributed by atoms with Crippen LogP contribution in [0.2, 0.25) is 0 Å². The molecule has 0 aliphatic carbocycles. The van der Waals surface area contributed by atoms with Crippen molar-refractivity contribution in [1.29, 1.82) is 0 Å². The predicted molar refractivity (Wildman–Crippen MR) is 92.1 cm³/mol. The third-order valence-electron chi connectivity index (χ3n) is 3.77. The molecule has 0 spiro atoms. The number of hydrogen-bond donors (Lipinski definition) is 0. The molecule has 0 fully saturated rings. The fourth-order valence-corrected chi connectivity index (χ4v) is 2.99. The molecule has 1 aliphatic rings. The van der Waals surface area contributed by atoms with Gasteiger partial charge in [0.15, 0.2) is 0 Å². The molecular formula is C19H28N2O. The lowest BCUT2D eigenvalue weighted by atomic mass is 9.95. The molecule has 1 aliphatic heterocycles. The monoisotopic (exact) mass is 300 g/mol. The van der Waals surface area contributed by atoms with Gasteiger partial charge in [0.05, 0.1) is 5.57 Å². The lowest BCUT2D eigenvalue weighted by molar-refractivity contribution is -0.126. The third kappa shape index (κ3) is 3.90. The Morgan fingerprint density at radius 1 is 1.14 bits per heavy atom. The highest BCUT2D eigenvalue weighted by atomic mass is 16.2. The minimum Gasteiger partial charge on any atom is -0.375 e. The van der Waals surface area contributed by atoms with Gasteiger partial charge >= 0.3 is 0 Å². The van der Waals surface area contributed by atoms with Gasteiger partial charge in [-0.25, -0.2) is 0 Å². The van der Waals surface area contributed by atoms with Crippen molar-refractivity contribution in [1.82, 2.24) is 9.80 Å². The molecule has 0 unspecified atom stereocenters. The van der Waals surface area contributed by atoms with Gasteiger partial charge in [-0.1, -0.05) is 52.0 Å². The molecule has 0 radical (unpaired) electrons. The van der Waals surface area contributed by atoms with Crippen LogP contribution in [0.3, 0.4) is 0 Å². The van der Waals surface area contributed by atoms with Crippen molar-refractivity contribution in [2.45, 2.75) is 34.2 Å². The number of amides is 1. The molecule has 0 saturated heterocycles. The van der Waals surface area contributed by atoms with E-state index in [-0.39, 0.29) is 5.91 Å². The molecule has 120 valence electrons. The van der Waals surface area contributed by atoms with Crippen molar-refractivity contribution in [3.8, 4) is 0 Å². The van der Waals surface area contributed by atoms with Crippen LogP contribution in [0, 0.1) is 11.8 Å². The van der Waals surface area contributed by atoms with Gasteiger partial charge in [0, 0.05) is 32.9 Å². The van der Waals surface area contributed by atoms with E-state index in [0.717, 1.165) is 30.8 Å². The van der Waals surface area contributed by atoms with Crippen LogP contribution in [0.4, 0.5) is 0 Å². The molecule has 1 heterocycles. The molecule has 1 aromatic rings. The first kappa shape index (κ1) is 16.6. The van der Waals surface area contributed by atoms with Crippen LogP contribution in [0.25, 0.3) is 5.57 Å². The summed E-state index contributed by atoms with van der Waals surface area (Å²) in [4.78, 5) is 17.2. The van der Waals surface area contributed by atoms with Crippen LogP contribution in [-0.4, -0.2) is 35.8 Å². The lowest BCUT2D eigenvalue weighted by Gasteiger charge is -2.31. The van der Waals surface area contributed by atoms with Crippen LogP contribution in [-0.2, 0) is 11.3 Å². The molecule has 3 nitrogen and oxygen atoms in total. The minimum absolute atomic E-state index is 0.154. The molecule has 3 heteroatoms. The number of rotatable bonds is 5. The van der Waals surface area contributed by atoms with E-state index in [2.05, 4.69) is 44.7 Å². The second kappa shape index (κ2) is 6.99. The highest BCUT2D eigenvalue weighted by molar-refractivity contribution is 6.20. The second-order valence-corrected chi connectivity index (χ2v) is 7.11. The van der Waals surface area contributed by atoms with E-state index in [9.17, 15) is 4.79 Å². The summed E-state index contributed by atoms with van der Waals surface area (Å²) in [5.41, 5.74) is 3.14. The van der Waals surface area contributed by atoms with Gasteiger partial charge < -0.3 is 9.80 Å². The average Bonchev–Trinajstić information content (AvgIpc) is 2.43. The fourth-order valence-electron chi connectivity index (χ4n) is 2.99. The summed E-state index contributed by atoms with van der Waals surface area (Å²) in [5.74, 6) is 1.10. The summed E-state index contributed by atoms with van der Waals surface area (Å²) >= 11 is 0. The van der Waals surface area contributed by atoms with E-state index in [1.807, 2.05) is 30.3 Å². The quantitative estimate of drug-likeness (QED) is 0.829. The normalized spacial score (nSPS) is 14.1. The molecule has 0 bridgehead atoms. The van der Waals surface area contributed by atoms with Gasteiger partial charge in [0.1, 0.15) is 0 Å². The molecular weight excluding hydrogens is 272 g/mol. The Bertz CT molecular complexity index is 550. The molecule has 1 aromatic carbocycles. The number of carbonyl (C=O) groups is 1. The van der Waals surface area contributed by atoms with Gasteiger partial charge in [0.25, 0.3) is 5.91 Å². The standard InChI is InChI=1S/C19H28N2O/c1-14(2)10-21(11-15(3)4)19(22)18-13-20(5)12-16-8-6-7-9-17(16)18/h6-9,13-15H,10-12H2,1-5H3. The summed E-state index contributed by atoms with van der Waals surface area (Å²) in [6.07, 6.45) is 2.00. The number of fused-ring (bicyclic) bond motifs is 1. The minimum atomic E-state index is 0.154. The number of carbonyl (C=O) groups excluding carboxylic acids is 1. The summed E-state index contributed by atoms with van der Waals surface area (Å²) in [7, 11) is 2.03. The third-order valence-corrected chi connectivity index (χ3v) is 3.77. The predicted octanol–water partition coefficient (Wildman–Crippen LogP) is 3.61. The molecule has 2 rings (SSSR count). The van der Waals surface area contributed by atoms with E-state index < -0.39 is 0 Å². The zero-order chi connectivity index (χ0) is 16.3. The summed E-state index contributed by atoms with van der Waals surface area (Å²) in [6.45, 7) is 11.1. The van der Waals surface area contributed by atoms with Crippen LogP contribution < -0.4 is 0 Å². The fraction of sp³-hybridized carbons (Fsp3) is 0.526. The molecule has 0 aromatic heterocycles. The van der Waals surface area contributed by atoms with Crippen molar-refractivity contribution >= 4 is 11.5 Å². The maximum absolute atomic E-state index is 13.1. The molecule has 0 N–H and O–H groups in total. The van der Waals surface area contributed by atoms with Crippen LogP contribution >= 0.6 is 0 Å².